The topological polar surface area (TPSA) is 29.1 Å². The van der Waals surface area contributed by atoms with Gasteiger partial charge in [0, 0.05) is 11.2 Å². The summed E-state index contributed by atoms with van der Waals surface area (Å²) in [6.07, 6.45) is 4.97. The fourth-order valence-corrected chi connectivity index (χ4v) is 2.89. The molecule has 0 saturated carbocycles. The van der Waals surface area contributed by atoms with Gasteiger partial charge in [-0.3, -0.25) is 4.79 Å². The summed E-state index contributed by atoms with van der Waals surface area (Å²) in [4.78, 5) is 11.3. The first kappa shape index (κ1) is 11.6. The zero-order valence-corrected chi connectivity index (χ0v) is 9.99. The van der Waals surface area contributed by atoms with Crippen molar-refractivity contribution in [2.75, 3.05) is 0 Å². The van der Waals surface area contributed by atoms with Crippen molar-refractivity contribution in [3.63, 3.8) is 0 Å². The number of hydrogen-bond acceptors (Lipinski definition) is 2. The van der Waals surface area contributed by atoms with Gasteiger partial charge in [0.25, 0.3) is 0 Å². The third-order valence-corrected chi connectivity index (χ3v) is 3.94. The molecule has 2 atom stereocenters. The fraction of sp³-hybridized carbons (Fsp3) is 0.727. The number of hydrogen-bond donors (Lipinski definition) is 1. The molecule has 0 bridgehead atoms. The quantitative estimate of drug-likeness (QED) is 0.778. The van der Waals surface area contributed by atoms with Crippen molar-refractivity contribution in [2.24, 2.45) is 0 Å². The van der Waals surface area contributed by atoms with Crippen molar-refractivity contribution >= 4 is 17.7 Å². The van der Waals surface area contributed by atoms with Crippen LogP contribution in [0, 0.1) is 0 Å². The van der Waals surface area contributed by atoms with Gasteiger partial charge in [-0.25, -0.2) is 0 Å². The van der Waals surface area contributed by atoms with Gasteiger partial charge in [-0.1, -0.05) is 26.3 Å². The maximum Gasteiger partial charge on any atom is 0.220 e. The standard InChI is InChI=1S/C11H19NOS/c1-4-7-11(3)9(6-8-14-11)12-10(13)5-2/h6,8-9H,4-5,7H2,1-3H3,(H,12,13). The lowest BCUT2D eigenvalue weighted by Gasteiger charge is -2.30. The lowest BCUT2D eigenvalue weighted by Crippen LogP contribution is -2.45. The Kier molecular flexibility index (Phi) is 4.05. The number of carbonyl (C=O) groups excluding carboxylic acids is 1. The smallest absolute Gasteiger partial charge is 0.220 e. The third kappa shape index (κ3) is 2.53. The van der Waals surface area contributed by atoms with Gasteiger partial charge in [-0.15, -0.1) is 11.8 Å². The Bertz CT molecular complexity index is 239. The summed E-state index contributed by atoms with van der Waals surface area (Å²) in [7, 11) is 0. The van der Waals surface area contributed by atoms with E-state index in [0.717, 1.165) is 12.8 Å². The number of nitrogens with one attached hydrogen (secondary N) is 1. The molecule has 1 aliphatic rings. The van der Waals surface area contributed by atoms with E-state index in [1.54, 1.807) is 0 Å². The van der Waals surface area contributed by atoms with Crippen LogP contribution in [0.15, 0.2) is 11.5 Å². The normalized spacial score (nSPS) is 30.6. The summed E-state index contributed by atoms with van der Waals surface area (Å²) >= 11 is 1.83. The van der Waals surface area contributed by atoms with Crippen LogP contribution in [-0.4, -0.2) is 16.7 Å². The van der Waals surface area contributed by atoms with E-state index in [0.29, 0.717) is 6.42 Å². The molecule has 2 unspecified atom stereocenters. The third-order valence-electron chi connectivity index (χ3n) is 2.65. The molecule has 0 fully saturated rings. The molecule has 1 heterocycles. The molecule has 3 heteroatoms. The second-order valence-corrected chi connectivity index (χ2v) is 5.35. The average Bonchev–Trinajstić information content (AvgIpc) is 2.48. The maximum absolute atomic E-state index is 11.3. The van der Waals surface area contributed by atoms with Crippen LogP contribution in [0.3, 0.4) is 0 Å². The van der Waals surface area contributed by atoms with Crippen LogP contribution in [0.5, 0.6) is 0 Å². The molecule has 1 amide bonds. The highest BCUT2D eigenvalue weighted by molar-refractivity contribution is 8.03. The minimum Gasteiger partial charge on any atom is -0.348 e. The molecule has 1 rings (SSSR count). The van der Waals surface area contributed by atoms with Gasteiger partial charge in [0.15, 0.2) is 0 Å². The Morgan fingerprint density at radius 1 is 1.57 bits per heavy atom. The number of thioether (sulfide) groups is 1. The first-order valence-corrected chi connectivity index (χ1v) is 6.14. The number of carbonyl (C=O) groups is 1. The van der Waals surface area contributed by atoms with E-state index >= 15 is 0 Å². The van der Waals surface area contributed by atoms with Gasteiger partial charge in [-0.05, 0) is 18.8 Å². The molecule has 1 aliphatic heterocycles. The van der Waals surface area contributed by atoms with Crippen LogP contribution < -0.4 is 5.32 Å². The SMILES string of the molecule is CCCC1(C)SC=CC1NC(=O)CC. The van der Waals surface area contributed by atoms with Crippen molar-refractivity contribution in [3.05, 3.63) is 11.5 Å². The van der Waals surface area contributed by atoms with Crippen LogP contribution in [0.2, 0.25) is 0 Å². The Labute approximate surface area is 90.5 Å². The predicted octanol–water partition coefficient (Wildman–Crippen LogP) is 2.70. The van der Waals surface area contributed by atoms with Crippen molar-refractivity contribution in [1.29, 1.82) is 0 Å². The molecule has 0 aromatic rings. The van der Waals surface area contributed by atoms with Crippen molar-refractivity contribution in [1.82, 2.24) is 5.32 Å². The zero-order chi connectivity index (χ0) is 10.6. The molecule has 0 saturated heterocycles. The molecule has 0 aromatic carbocycles. The molecule has 0 aliphatic carbocycles. The van der Waals surface area contributed by atoms with E-state index in [-0.39, 0.29) is 16.7 Å². The van der Waals surface area contributed by atoms with Gasteiger partial charge in [0.05, 0.1) is 6.04 Å². The van der Waals surface area contributed by atoms with Gasteiger partial charge in [0.1, 0.15) is 0 Å². The van der Waals surface area contributed by atoms with Crippen LogP contribution in [0.25, 0.3) is 0 Å². The molecule has 0 aromatic heterocycles. The predicted molar refractivity (Wildman–Crippen MR) is 62.3 cm³/mol. The van der Waals surface area contributed by atoms with Crippen LogP contribution in [0.1, 0.15) is 40.0 Å². The summed E-state index contributed by atoms with van der Waals surface area (Å²) < 4.78 is 0.166. The minimum absolute atomic E-state index is 0.143. The van der Waals surface area contributed by atoms with E-state index in [1.165, 1.54) is 0 Å². The largest absolute Gasteiger partial charge is 0.348 e. The molecule has 0 radical (unpaired) electrons. The molecule has 80 valence electrons. The van der Waals surface area contributed by atoms with Crippen LogP contribution in [0.4, 0.5) is 0 Å². The van der Waals surface area contributed by atoms with Crippen LogP contribution >= 0.6 is 11.8 Å². The first-order valence-electron chi connectivity index (χ1n) is 5.26. The highest BCUT2D eigenvalue weighted by Gasteiger charge is 2.36. The highest BCUT2D eigenvalue weighted by atomic mass is 32.2. The molecule has 0 spiro atoms. The van der Waals surface area contributed by atoms with Gasteiger partial charge in [0.2, 0.25) is 5.91 Å². The highest BCUT2D eigenvalue weighted by Crippen LogP contribution is 2.39. The van der Waals surface area contributed by atoms with Crippen molar-refractivity contribution in [2.45, 2.75) is 50.8 Å². The second kappa shape index (κ2) is 4.87. The Morgan fingerprint density at radius 3 is 2.86 bits per heavy atom. The Morgan fingerprint density at radius 2 is 2.29 bits per heavy atom. The number of rotatable bonds is 4. The van der Waals surface area contributed by atoms with Crippen molar-refractivity contribution < 1.29 is 4.79 Å². The van der Waals surface area contributed by atoms with E-state index in [9.17, 15) is 4.79 Å². The number of amides is 1. The molecular weight excluding hydrogens is 194 g/mol. The van der Waals surface area contributed by atoms with E-state index < -0.39 is 0 Å². The molecule has 2 nitrogen and oxygen atoms in total. The maximum atomic E-state index is 11.3. The summed E-state index contributed by atoms with van der Waals surface area (Å²) in [6, 6.07) is 0.208. The lowest BCUT2D eigenvalue weighted by atomic mass is 9.96. The molecular formula is C11H19NOS. The summed E-state index contributed by atoms with van der Waals surface area (Å²) in [5.41, 5.74) is 0. The van der Waals surface area contributed by atoms with Gasteiger partial charge >= 0.3 is 0 Å². The molecule has 14 heavy (non-hydrogen) atoms. The van der Waals surface area contributed by atoms with Gasteiger partial charge < -0.3 is 5.32 Å². The monoisotopic (exact) mass is 213 g/mol. The lowest BCUT2D eigenvalue weighted by molar-refractivity contribution is -0.121. The fourth-order valence-electron chi connectivity index (χ4n) is 1.74. The zero-order valence-electron chi connectivity index (χ0n) is 9.17. The Hall–Kier alpha value is -0.440. The first-order chi connectivity index (χ1) is 6.62. The van der Waals surface area contributed by atoms with E-state index in [1.807, 2.05) is 18.7 Å². The second-order valence-electron chi connectivity index (χ2n) is 3.91. The summed E-state index contributed by atoms with van der Waals surface area (Å²) in [5, 5.41) is 5.16. The minimum atomic E-state index is 0.143. The summed E-state index contributed by atoms with van der Waals surface area (Å²) in [5.74, 6) is 0.143. The Balaban J connectivity index is 2.58. The van der Waals surface area contributed by atoms with Crippen LogP contribution in [-0.2, 0) is 4.79 Å². The van der Waals surface area contributed by atoms with Gasteiger partial charge in [-0.2, -0.15) is 0 Å². The molecule has 1 N–H and O–H groups in total. The van der Waals surface area contributed by atoms with E-state index in [2.05, 4.69) is 30.6 Å². The van der Waals surface area contributed by atoms with E-state index in [4.69, 9.17) is 0 Å². The van der Waals surface area contributed by atoms with Crippen molar-refractivity contribution in [3.8, 4) is 0 Å². The summed E-state index contributed by atoms with van der Waals surface area (Å²) in [6.45, 7) is 6.29. The average molecular weight is 213 g/mol.